The molecule has 0 bridgehead atoms. The number of carbonyl (C=O) groups excluding carboxylic acids is 2. The predicted octanol–water partition coefficient (Wildman–Crippen LogP) is 2.99. The molecular formula is C21H23N3O2. The molecule has 1 atom stereocenters. The summed E-state index contributed by atoms with van der Waals surface area (Å²) in [7, 11) is 3.91. The monoisotopic (exact) mass is 349 g/mol. The van der Waals surface area contributed by atoms with Gasteiger partial charge in [0.25, 0.3) is 5.91 Å². The lowest BCUT2D eigenvalue weighted by Gasteiger charge is -2.18. The molecule has 4 rings (SSSR count). The molecule has 0 unspecified atom stereocenters. The van der Waals surface area contributed by atoms with Crippen LogP contribution >= 0.6 is 0 Å². The number of fused-ring (bicyclic) bond motifs is 1. The van der Waals surface area contributed by atoms with Gasteiger partial charge < -0.3 is 10.2 Å². The minimum atomic E-state index is -0.504. The van der Waals surface area contributed by atoms with Crippen molar-refractivity contribution >= 4 is 28.9 Å². The van der Waals surface area contributed by atoms with Gasteiger partial charge in [-0.05, 0) is 66.8 Å². The minimum Gasteiger partial charge on any atom is -0.378 e. The lowest BCUT2D eigenvalue weighted by atomic mass is 10.1. The normalized spacial score (nSPS) is 19.0. The number of hydrogen-bond acceptors (Lipinski definition) is 4. The van der Waals surface area contributed by atoms with E-state index in [1.165, 1.54) is 22.4 Å². The maximum atomic E-state index is 12.8. The van der Waals surface area contributed by atoms with Gasteiger partial charge in [-0.15, -0.1) is 0 Å². The molecule has 1 aliphatic heterocycles. The molecule has 2 amide bonds. The van der Waals surface area contributed by atoms with Crippen molar-refractivity contribution in [3.63, 3.8) is 0 Å². The van der Waals surface area contributed by atoms with Crippen LogP contribution in [0.3, 0.4) is 0 Å². The molecule has 26 heavy (non-hydrogen) atoms. The summed E-state index contributed by atoms with van der Waals surface area (Å²) in [5.74, 6) is -0.348. The van der Waals surface area contributed by atoms with E-state index in [-0.39, 0.29) is 18.2 Å². The second-order valence-corrected chi connectivity index (χ2v) is 7.22. The second kappa shape index (κ2) is 6.48. The van der Waals surface area contributed by atoms with Crippen molar-refractivity contribution in [3.05, 3.63) is 53.6 Å². The van der Waals surface area contributed by atoms with E-state index in [0.717, 1.165) is 24.2 Å². The third-order valence-electron chi connectivity index (χ3n) is 5.21. The van der Waals surface area contributed by atoms with Crippen molar-refractivity contribution in [2.24, 2.45) is 0 Å². The molecule has 2 aliphatic rings. The van der Waals surface area contributed by atoms with E-state index >= 15 is 0 Å². The van der Waals surface area contributed by atoms with Gasteiger partial charge in [0.05, 0.1) is 12.1 Å². The number of hydrogen-bond donors (Lipinski definition) is 1. The van der Waals surface area contributed by atoms with Crippen LogP contribution in [0.15, 0.2) is 42.5 Å². The molecule has 1 heterocycles. The molecule has 1 aliphatic carbocycles. The first-order valence-corrected chi connectivity index (χ1v) is 9.05. The first-order chi connectivity index (χ1) is 12.5. The van der Waals surface area contributed by atoms with Crippen molar-refractivity contribution < 1.29 is 9.59 Å². The van der Waals surface area contributed by atoms with Gasteiger partial charge in [0.15, 0.2) is 0 Å². The van der Waals surface area contributed by atoms with Crippen LogP contribution in [0.2, 0.25) is 0 Å². The van der Waals surface area contributed by atoms with E-state index in [2.05, 4.69) is 17.4 Å². The molecule has 2 aromatic carbocycles. The highest BCUT2D eigenvalue weighted by molar-refractivity contribution is 6.23. The van der Waals surface area contributed by atoms with Gasteiger partial charge in [0.1, 0.15) is 6.04 Å². The van der Waals surface area contributed by atoms with Crippen molar-refractivity contribution in [1.29, 1.82) is 0 Å². The number of anilines is 3. The maximum Gasteiger partial charge on any atom is 0.256 e. The van der Waals surface area contributed by atoms with Crippen LogP contribution in [0.5, 0.6) is 0 Å². The molecule has 5 nitrogen and oxygen atoms in total. The fraction of sp³-hybridized carbons (Fsp3) is 0.333. The second-order valence-electron chi connectivity index (χ2n) is 7.22. The van der Waals surface area contributed by atoms with Crippen molar-refractivity contribution in [3.8, 4) is 0 Å². The molecule has 0 spiro atoms. The van der Waals surface area contributed by atoms with E-state index in [1.807, 2.05) is 49.3 Å². The standard InChI is InChI=1S/C21H23N3O2/c1-23(2)17-8-10-18(11-9-17)24-20(25)13-19(21(24)26)22-16-7-6-14-4-3-5-15(14)12-16/h6-12,19,22H,3-5,13H2,1-2H3/t19-/m0/s1. The molecule has 0 radical (unpaired) electrons. The van der Waals surface area contributed by atoms with Gasteiger partial charge in [0.2, 0.25) is 5.91 Å². The quantitative estimate of drug-likeness (QED) is 0.862. The maximum absolute atomic E-state index is 12.8. The first-order valence-electron chi connectivity index (χ1n) is 9.05. The first kappa shape index (κ1) is 16.6. The van der Waals surface area contributed by atoms with Gasteiger partial charge in [0, 0.05) is 25.5 Å². The number of nitrogens with zero attached hydrogens (tertiary/aromatic N) is 2. The predicted molar refractivity (Wildman–Crippen MR) is 104 cm³/mol. The molecule has 1 saturated heterocycles. The summed E-state index contributed by atoms with van der Waals surface area (Å²) in [6.07, 6.45) is 3.60. The van der Waals surface area contributed by atoms with Gasteiger partial charge in [-0.25, -0.2) is 4.90 Å². The van der Waals surface area contributed by atoms with Gasteiger partial charge in [-0.1, -0.05) is 6.07 Å². The average Bonchev–Trinajstić information content (AvgIpc) is 3.19. The van der Waals surface area contributed by atoms with Gasteiger partial charge >= 0.3 is 0 Å². The van der Waals surface area contributed by atoms with Crippen molar-refractivity contribution in [2.45, 2.75) is 31.7 Å². The molecule has 2 aromatic rings. The summed E-state index contributed by atoms with van der Waals surface area (Å²) >= 11 is 0. The summed E-state index contributed by atoms with van der Waals surface area (Å²) < 4.78 is 0. The highest BCUT2D eigenvalue weighted by atomic mass is 16.2. The number of carbonyl (C=O) groups is 2. The zero-order chi connectivity index (χ0) is 18.3. The Morgan fingerprint density at radius 2 is 1.73 bits per heavy atom. The van der Waals surface area contributed by atoms with Gasteiger partial charge in [-0.3, -0.25) is 9.59 Å². The largest absolute Gasteiger partial charge is 0.378 e. The van der Waals surface area contributed by atoms with E-state index in [1.54, 1.807) is 0 Å². The molecule has 0 saturated carbocycles. The number of nitrogens with one attached hydrogen (secondary N) is 1. The van der Waals surface area contributed by atoms with Crippen LogP contribution in [-0.4, -0.2) is 32.0 Å². The molecule has 1 N–H and O–H groups in total. The van der Waals surface area contributed by atoms with E-state index < -0.39 is 6.04 Å². The highest BCUT2D eigenvalue weighted by Gasteiger charge is 2.39. The van der Waals surface area contributed by atoms with E-state index in [9.17, 15) is 9.59 Å². The number of imide groups is 1. The highest BCUT2D eigenvalue weighted by Crippen LogP contribution is 2.29. The smallest absolute Gasteiger partial charge is 0.256 e. The Bertz CT molecular complexity index is 858. The molecule has 0 aromatic heterocycles. The molecular weight excluding hydrogens is 326 g/mol. The summed E-state index contributed by atoms with van der Waals surface area (Å²) in [4.78, 5) is 28.5. The van der Waals surface area contributed by atoms with E-state index in [0.29, 0.717) is 5.69 Å². The summed E-state index contributed by atoms with van der Waals surface area (Å²) in [6, 6.07) is 13.2. The summed E-state index contributed by atoms with van der Waals surface area (Å²) in [5, 5.41) is 3.26. The Kier molecular flexibility index (Phi) is 4.15. The number of benzene rings is 2. The Hall–Kier alpha value is -2.82. The van der Waals surface area contributed by atoms with E-state index in [4.69, 9.17) is 0 Å². The zero-order valence-electron chi connectivity index (χ0n) is 15.2. The van der Waals surface area contributed by atoms with Crippen molar-refractivity contribution in [1.82, 2.24) is 0 Å². The third kappa shape index (κ3) is 2.94. The Labute approximate surface area is 153 Å². The minimum absolute atomic E-state index is 0.161. The molecule has 1 fully saturated rings. The lowest BCUT2D eigenvalue weighted by molar-refractivity contribution is -0.121. The fourth-order valence-corrected chi connectivity index (χ4v) is 3.78. The fourth-order valence-electron chi connectivity index (χ4n) is 3.78. The summed E-state index contributed by atoms with van der Waals surface area (Å²) in [6.45, 7) is 0. The Balaban J connectivity index is 1.51. The van der Waals surface area contributed by atoms with Crippen LogP contribution in [0.25, 0.3) is 0 Å². The van der Waals surface area contributed by atoms with Gasteiger partial charge in [-0.2, -0.15) is 0 Å². The molecule has 5 heteroatoms. The van der Waals surface area contributed by atoms with Crippen LogP contribution < -0.4 is 15.1 Å². The van der Waals surface area contributed by atoms with Crippen LogP contribution in [0, 0.1) is 0 Å². The molecule has 134 valence electrons. The van der Waals surface area contributed by atoms with Crippen LogP contribution in [0.1, 0.15) is 24.0 Å². The van der Waals surface area contributed by atoms with Crippen molar-refractivity contribution in [2.75, 3.05) is 29.2 Å². The lowest BCUT2D eigenvalue weighted by Crippen LogP contribution is -2.34. The van der Waals surface area contributed by atoms with Crippen LogP contribution in [0.4, 0.5) is 17.1 Å². The number of aryl methyl sites for hydroxylation is 2. The third-order valence-corrected chi connectivity index (χ3v) is 5.21. The van der Waals surface area contributed by atoms with Crippen LogP contribution in [-0.2, 0) is 22.4 Å². The summed E-state index contributed by atoms with van der Waals surface area (Å²) in [5.41, 5.74) is 5.32. The number of rotatable bonds is 4. The average molecular weight is 349 g/mol. The Morgan fingerprint density at radius 3 is 2.46 bits per heavy atom. The number of amides is 2. The Morgan fingerprint density at radius 1 is 1.00 bits per heavy atom. The SMILES string of the molecule is CN(C)c1ccc(N2C(=O)C[C@H](Nc3ccc4c(c3)CCC4)C2=O)cc1. The topological polar surface area (TPSA) is 52.6 Å². The zero-order valence-corrected chi connectivity index (χ0v) is 15.2.